The standard InChI is InChI=1S/C13H19N5OS/c1-4-19-7-13-17-11(14-3)5-12(18-13)15-6-10-9(2)16-8-20-10/h5,8H,4,6-7H2,1-3H3,(H2,14,15,17,18). The number of anilines is 2. The van der Waals surface area contributed by atoms with Gasteiger partial charge in [-0.25, -0.2) is 15.0 Å². The number of aryl methyl sites for hydroxylation is 1. The summed E-state index contributed by atoms with van der Waals surface area (Å²) in [5.41, 5.74) is 2.91. The average Bonchev–Trinajstić information content (AvgIpc) is 2.88. The van der Waals surface area contributed by atoms with Crippen LogP contribution in [0, 0.1) is 6.92 Å². The second-order valence-electron chi connectivity index (χ2n) is 4.16. The lowest BCUT2D eigenvalue weighted by Crippen LogP contribution is -2.07. The van der Waals surface area contributed by atoms with Crippen molar-refractivity contribution in [2.45, 2.75) is 27.0 Å². The summed E-state index contributed by atoms with van der Waals surface area (Å²) in [5, 5.41) is 6.34. The highest BCUT2D eigenvalue weighted by molar-refractivity contribution is 7.09. The molecule has 0 aromatic carbocycles. The number of nitrogens with zero attached hydrogens (tertiary/aromatic N) is 3. The van der Waals surface area contributed by atoms with Gasteiger partial charge in [-0.1, -0.05) is 0 Å². The van der Waals surface area contributed by atoms with Gasteiger partial charge in [0.25, 0.3) is 0 Å². The van der Waals surface area contributed by atoms with Crippen molar-refractivity contribution in [1.82, 2.24) is 15.0 Å². The van der Waals surface area contributed by atoms with Crippen molar-refractivity contribution in [2.75, 3.05) is 24.3 Å². The zero-order valence-electron chi connectivity index (χ0n) is 11.9. The lowest BCUT2D eigenvalue weighted by atomic mass is 10.4. The van der Waals surface area contributed by atoms with Crippen LogP contribution in [0.2, 0.25) is 0 Å². The van der Waals surface area contributed by atoms with E-state index in [1.54, 1.807) is 11.3 Å². The van der Waals surface area contributed by atoms with E-state index >= 15 is 0 Å². The SMILES string of the molecule is CCOCc1nc(NC)cc(NCc2scnc2C)n1. The molecule has 0 aliphatic heterocycles. The third-order valence-electron chi connectivity index (χ3n) is 2.74. The Morgan fingerprint density at radius 2 is 2.10 bits per heavy atom. The van der Waals surface area contributed by atoms with Crippen molar-refractivity contribution in [3.05, 3.63) is 28.0 Å². The quantitative estimate of drug-likeness (QED) is 0.817. The maximum Gasteiger partial charge on any atom is 0.158 e. The summed E-state index contributed by atoms with van der Waals surface area (Å²) in [6, 6.07) is 1.88. The summed E-state index contributed by atoms with van der Waals surface area (Å²) in [7, 11) is 1.84. The third kappa shape index (κ3) is 3.88. The molecule has 0 radical (unpaired) electrons. The van der Waals surface area contributed by atoms with Gasteiger partial charge in [0.2, 0.25) is 0 Å². The van der Waals surface area contributed by atoms with Crippen molar-refractivity contribution < 1.29 is 4.74 Å². The monoisotopic (exact) mass is 293 g/mol. The van der Waals surface area contributed by atoms with Gasteiger partial charge in [-0.05, 0) is 13.8 Å². The summed E-state index contributed by atoms with van der Waals surface area (Å²) in [6.07, 6.45) is 0. The Bertz CT molecular complexity index is 557. The first-order valence-corrected chi connectivity index (χ1v) is 7.37. The van der Waals surface area contributed by atoms with Crippen molar-refractivity contribution in [2.24, 2.45) is 0 Å². The molecule has 0 amide bonds. The second-order valence-corrected chi connectivity index (χ2v) is 5.10. The van der Waals surface area contributed by atoms with Crippen LogP contribution in [0.5, 0.6) is 0 Å². The Hall–Kier alpha value is -1.73. The molecule has 0 bridgehead atoms. The molecule has 0 unspecified atom stereocenters. The van der Waals surface area contributed by atoms with E-state index in [0.717, 1.165) is 17.3 Å². The zero-order chi connectivity index (χ0) is 14.4. The Kier molecular flexibility index (Phi) is 5.25. The number of nitrogens with one attached hydrogen (secondary N) is 2. The molecule has 0 saturated heterocycles. The van der Waals surface area contributed by atoms with Crippen LogP contribution >= 0.6 is 11.3 Å². The average molecular weight is 293 g/mol. The van der Waals surface area contributed by atoms with E-state index in [2.05, 4.69) is 25.6 Å². The minimum atomic E-state index is 0.417. The Morgan fingerprint density at radius 3 is 2.75 bits per heavy atom. The zero-order valence-corrected chi connectivity index (χ0v) is 12.8. The molecule has 2 rings (SSSR count). The number of rotatable bonds is 7. The van der Waals surface area contributed by atoms with Crippen LogP contribution in [0.4, 0.5) is 11.6 Å². The van der Waals surface area contributed by atoms with Crippen molar-refractivity contribution in [3.63, 3.8) is 0 Å². The van der Waals surface area contributed by atoms with Crippen LogP contribution in [0.3, 0.4) is 0 Å². The van der Waals surface area contributed by atoms with Gasteiger partial charge >= 0.3 is 0 Å². The maximum absolute atomic E-state index is 5.36. The summed E-state index contributed by atoms with van der Waals surface area (Å²) in [5.74, 6) is 2.23. The molecule has 7 heteroatoms. The van der Waals surface area contributed by atoms with E-state index in [0.29, 0.717) is 25.6 Å². The number of hydrogen-bond donors (Lipinski definition) is 2. The van der Waals surface area contributed by atoms with Gasteiger partial charge < -0.3 is 15.4 Å². The fourth-order valence-electron chi connectivity index (χ4n) is 1.64. The fraction of sp³-hybridized carbons (Fsp3) is 0.462. The predicted molar refractivity (Wildman–Crippen MR) is 81.1 cm³/mol. The van der Waals surface area contributed by atoms with Crippen LogP contribution in [0.25, 0.3) is 0 Å². The molecule has 0 aliphatic rings. The third-order valence-corrected chi connectivity index (χ3v) is 3.67. The van der Waals surface area contributed by atoms with E-state index in [-0.39, 0.29) is 0 Å². The van der Waals surface area contributed by atoms with Crippen molar-refractivity contribution in [1.29, 1.82) is 0 Å². The van der Waals surface area contributed by atoms with E-state index in [1.165, 1.54) is 4.88 Å². The maximum atomic E-state index is 5.36. The van der Waals surface area contributed by atoms with Gasteiger partial charge in [0.1, 0.15) is 18.2 Å². The van der Waals surface area contributed by atoms with Crippen LogP contribution in [-0.4, -0.2) is 28.6 Å². The van der Waals surface area contributed by atoms with E-state index in [9.17, 15) is 0 Å². The van der Waals surface area contributed by atoms with E-state index in [4.69, 9.17) is 4.74 Å². The van der Waals surface area contributed by atoms with E-state index in [1.807, 2.05) is 32.5 Å². The molecule has 0 aliphatic carbocycles. The molecule has 108 valence electrons. The molecule has 2 aromatic rings. The molecule has 2 N–H and O–H groups in total. The Balaban J connectivity index is 2.07. The van der Waals surface area contributed by atoms with E-state index < -0.39 is 0 Å². The summed E-state index contributed by atoms with van der Waals surface area (Å²) in [4.78, 5) is 14.2. The highest BCUT2D eigenvalue weighted by atomic mass is 32.1. The highest BCUT2D eigenvalue weighted by Gasteiger charge is 2.06. The molecule has 0 fully saturated rings. The number of hydrogen-bond acceptors (Lipinski definition) is 7. The molecule has 0 spiro atoms. The van der Waals surface area contributed by atoms with Crippen LogP contribution in [0.1, 0.15) is 23.3 Å². The van der Waals surface area contributed by atoms with Crippen LogP contribution in [-0.2, 0) is 17.9 Å². The number of ether oxygens (including phenoxy) is 1. The largest absolute Gasteiger partial charge is 0.374 e. The normalized spacial score (nSPS) is 10.6. The molecule has 2 heterocycles. The minimum absolute atomic E-state index is 0.417. The molecule has 6 nitrogen and oxygen atoms in total. The van der Waals surface area contributed by atoms with Gasteiger partial charge in [0.05, 0.1) is 17.7 Å². The Labute approximate surface area is 122 Å². The van der Waals surface area contributed by atoms with Crippen LogP contribution < -0.4 is 10.6 Å². The van der Waals surface area contributed by atoms with Gasteiger partial charge in [-0.2, -0.15) is 0 Å². The first-order valence-electron chi connectivity index (χ1n) is 6.49. The lowest BCUT2D eigenvalue weighted by Gasteiger charge is -2.09. The second kappa shape index (κ2) is 7.16. The first kappa shape index (κ1) is 14.7. The number of aromatic nitrogens is 3. The van der Waals surface area contributed by atoms with Gasteiger partial charge in [-0.3, -0.25) is 0 Å². The fourth-order valence-corrected chi connectivity index (χ4v) is 2.36. The molecule has 2 aromatic heterocycles. The lowest BCUT2D eigenvalue weighted by molar-refractivity contribution is 0.128. The Morgan fingerprint density at radius 1 is 1.30 bits per heavy atom. The topological polar surface area (TPSA) is 72.0 Å². The minimum Gasteiger partial charge on any atom is -0.374 e. The van der Waals surface area contributed by atoms with Gasteiger partial charge in [0.15, 0.2) is 5.82 Å². The molecule has 0 atom stereocenters. The number of thiazole rings is 1. The molecular weight excluding hydrogens is 274 g/mol. The molecule has 0 saturated carbocycles. The summed E-state index contributed by atoms with van der Waals surface area (Å²) >= 11 is 1.64. The van der Waals surface area contributed by atoms with Gasteiger partial charge in [0, 0.05) is 24.6 Å². The first-order chi connectivity index (χ1) is 9.72. The molecule has 20 heavy (non-hydrogen) atoms. The summed E-state index contributed by atoms with van der Waals surface area (Å²) < 4.78 is 5.36. The summed E-state index contributed by atoms with van der Waals surface area (Å²) in [6.45, 7) is 5.74. The molecular formula is C13H19N5OS. The van der Waals surface area contributed by atoms with Crippen molar-refractivity contribution in [3.8, 4) is 0 Å². The van der Waals surface area contributed by atoms with Crippen LogP contribution in [0.15, 0.2) is 11.6 Å². The van der Waals surface area contributed by atoms with Gasteiger partial charge in [-0.15, -0.1) is 11.3 Å². The highest BCUT2D eigenvalue weighted by Crippen LogP contribution is 2.16. The van der Waals surface area contributed by atoms with Crippen molar-refractivity contribution >= 4 is 23.0 Å². The smallest absolute Gasteiger partial charge is 0.158 e. The predicted octanol–water partition coefficient (Wildman–Crippen LogP) is 2.43.